The molecule has 162 valence electrons. The maximum absolute atomic E-state index is 13.1. The Morgan fingerprint density at radius 2 is 1.81 bits per heavy atom. The summed E-state index contributed by atoms with van der Waals surface area (Å²) in [5.74, 6) is 0.337. The number of likely N-dealkylation sites (tertiary alicyclic amines) is 1. The van der Waals surface area contributed by atoms with Crippen molar-refractivity contribution in [1.29, 1.82) is 0 Å². The first-order chi connectivity index (χ1) is 14.9. The third-order valence-corrected chi connectivity index (χ3v) is 6.98. The lowest BCUT2D eigenvalue weighted by molar-refractivity contribution is 0.0731. The van der Waals surface area contributed by atoms with Gasteiger partial charge in [-0.1, -0.05) is 12.1 Å². The Morgan fingerprint density at radius 1 is 1.06 bits per heavy atom. The number of carbonyl (C=O) groups excluding carboxylic acids is 1. The Morgan fingerprint density at radius 3 is 2.48 bits per heavy atom. The Hall–Kier alpha value is -3.26. The van der Waals surface area contributed by atoms with Gasteiger partial charge < -0.3 is 14.2 Å². The Bertz CT molecular complexity index is 1190. The van der Waals surface area contributed by atoms with Crippen LogP contribution in [0.25, 0.3) is 0 Å². The molecule has 1 amide bonds. The first-order valence-electron chi connectivity index (χ1n) is 10.1. The lowest BCUT2D eigenvalue weighted by Gasteiger charge is -2.25. The minimum Gasteiger partial charge on any atom is -0.495 e. The van der Waals surface area contributed by atoms with Crippen molar-refractivity contribution in [2.45, 2.75) is 23.8 Å². The van der Waals surface area contributed by atoms with Crippen molar-refractivity contribution in [3.8, 4) is 5.75 Å². The minimum absolute atomic E-state index is 0.0307. The molecule has 0 spiro atoms. The van der Waals surface area contributed by atoms with Gasteiger partial charge in [-0.2, -0.15) is 0 Å². The molecular weight excluding hydrogens is 414 g/mol. The molecule has 1 aliphatic heterocycles. The second-order valence-corrected chi connectivity index (χ2v) is 9.21. The van der Waals surface area contributed by atoms with Crippen LogP contribution in [0.3, 0.4) is 0 Å². The van der Waals surface area contributed by atoms with Crippen LogP contribution in [0.5, 0.6) is 5.75 Å². The standard InChI is InChI=1S/C23H25N3O4S/c1-25-15-5-8-20(25)21-9-6-16-26(21)23(27)17-11-13-18(14-12-17)31(28,29)24-19-7-3-4-10-22(19)30-2/h3-5,7-8,10-15,21,24H,6,9,16H2,1-2H3. The van der Waals surface area contributed by atoms with Gasteiger partial charge in [0.2, 0.25) is 0 Å². The number of methoxy groups -OCH3 is 1. The van der Waals surface area contributed by atoms with Crippen LogP contribution in [0, 0.1) is 0 Å². The number of aryl methyl sites for hydroxylation is 1. The minimum atomic E-state index is -3.82. The van der Waals surface area contributed by atoms with E-state index < -0.39 is 10.0 Å². The summed E-state index contributed by atoms with van der Waals surface area (Å²) in [6.07, 6.45) is 3.83. The van der Waals surface area contributed by atoms with E-state index in [-0.39, 0.29) is 16.8 Å². The zero-order chi connectivity index (χ0) is 22.0. The number of ether oxygens (including phenoxy) is 1. The van der Waals surface area contributed by atoms with Gasteiger partial charge in [-0.15, -0.1) is 0 Å². The van der Waals surface area contributed by atoms with E-state index in [2.05, 4.69) is 4.72 Å². The Balaban J connectivity index is 1.53. The van der Waals surface area contributed by atoms with Gasteiger partial charge in [0.1, 0.15) is 5.75 Å². The number of amides is 1. The third-order valence-electron chi connectivity index (χ3n) is 5.60. The van der Waals surface area contributed by atoms with Crippen LogP contribution in [0.15, 0.2) is 71.8 Å². The molecule has 8 heteroatoms. The highest BCUT2D eigenvalue weighted by molar-refractivity contribution is 7.92. The zero-order valence-corrected chi connectivity index (χ0v) is 18.3. The summed E-state index contributed by atoms with van der Waals surface area (Å²) in [7, 11) is -0.360. The second-order valence-electron chi connectivity index (χ2n) is 7.53. The van der Waals surface area contributed by atoms with E-state index in [1.165, 1.54) is 19.2 Å². The van der Waals surface area contributed by atoms with Gasteiger partial charge in [-0.25, -0.2) is 8.42 Å². The number of benzene rings is 2. The first-order valence-corrected chi connectivity index (χ1v) is 11.6. The summed E-state index contributed by atoms with van der Waals surface area (Å²) in [4.78, 5) is 15.1. The molecule has 1 saturated heterocycles. The number of rotatable bonds is 6. The number of nitrogens with zero attached hydrogens (tertiary/aromatic N) is 2. The van der Waals surface area contributed by atoms with Crippen molar-refractivity contribution in [2.75, 3.05) is 18.4 Å². The van der Waals surface area contributed by atoms with Crippen molar-refractivity contribution in [3.63, 3.8) is 0 Å². The topological polar surface area (TPSA) is 80.6 Å². The van der Waals surface area contributed by atoms with Crippen molar-refractivity contribution < 1.29 is 17.9 Å². The molecule has 1 unspecified atom stereocenters. The highest BCUT2D eigenvalue weighted by atomic mass is 32.2. The van der Waals surface area contributed by atoms with Crippen molar-refractivity contribution in [3.05, 3.63) is 78.1 Å². The predicted molar refractivity (Wildman–Crippen MR) is 119 cm³/mol. The average Bonchev–Trinajstić information content (AvgIpc) is 3.42. The van der Waals surface area contributed by atoms with E-state index in [0.717, 1.165) is 18.5 Å². The molecule has 7 nitrogen and oxygen atoms in total. The SMILES string of the molecule is COc1ccccc1NS(=O)(=O)c1ccc(C(=O)N2CCCC2c2cccn2C)cc1. The maximum Gasteiger partial charge on any atom is 0.262 e. The molecule has 3 aromatic rings. The lowest BCUT2D eigenvalue weighted by atomic mass is 10.1. The largest absolute Gasteiger partial charge is 0.495 e. The van der Waals surface area contributed by atoms with Crippen LogP contribution < -0.4 is 9.46 Å². The first kappa shape index (κ1) is 21.0. The fraction of sp³-hybridized carbons (Fsp3) is 0.261. The molecule has 1 aliphatic rings. The van der Waals surface area contributed by atoms with Crippen LogP contribution in [0.1, 0.15) is 34.9 Å². The van der Waals surface area contributed by atoms with Gasteiger partial charge in [-0.3, -0.25) is 9.52 Å². The average molecular weight is 440 g/mol. The molecule has 0 bridgehead atoms. The quantitative estimate of drug-likeness (QED) is 0.633. The summed E-state index contributed by atoms with van der Waals surface area (Å²) in [5.41, 5.74) is 1.93. The number of hydrogen-bond donors (Lipinski definition) is 1. The van der Waals surface area contributed by atoms with Gasteiger partial charge in [0.05, 0.1) is 23.7 Å². The van der Waals surface area contributed by atoms with Crippen LogP contribution in [-0.2, 0) is 17.1 Å². The molecular formula is C23H25N3O4S. The van der Waals surface area contributed by atoms with E-state index in [1.807, 2.05) is 34.8 Å². The molecule has 1 N–H and O–H groups in total. The van der Waals surface area contributed by atoms with E-state index in [4.69, 9.17) is 4.74 Å². The monoisotopic (exact) mass is 439 g/mol. The number of aromatic nitrogens is 1. The van der Waals surface area contributed by atoms with Gasteiger partial charge >= 0.3 is 0 Å². The summed E-state index contributed by atoms with van der Waals surface area (Å²) in [6, 6.07) is 16.9. The Labute approximate surface area is 182 Å². The van der Waals surface area contributed by atoms with Crippen molar-refractivity contribution in [1.82, 2.24) is 9.47 Å². The number of nitrogens with one attached hydrogen (secondary N) is 1. The van der Waals surface area contributed by atoms with Crippen molar-refractivity contribution in [2.24, 2.45) is 7.05 Å². The normalized spacial score (nSPS) is 16.3. The van der Waals surface area contributed by atoms with E-state index >= 15 is 0 Å². The van der Waals surface area contributed by atoms with Gasteiger partial charge in [0.15, 0.2) is 0 Å². The zero-order valence-electron chi connectivity index (χ0n) is 17.5. The van der Waals surface area contributed by atoms with Crippen LogP contribution in [-0.4, -0.2) is 37.4 Å². The van der Waals surface area contributed by atoms with E-state index in [1.54, 1.807) is 36.4 Å². The van der Waals surface area contributed by atoms with Gasteiger partial charge in [-0.05, 0) is 61.4 Å². The van der Waals surface area contributed by atoms with Crippen LogP contribution in [0.4, 0.5) is 5.69 Å². The molecule has 31 heavy (non-hydrogen) atoms. The highest BCUT2D eigenvalue weighted by Crippen LogP contribution is 2.33. The molecule has 4 rings (SSSR count). The molecule has 1 atom stereocenters. The summed E-state index contributed by atoms with van der Waals surface area (Å²) >= 11 is 0. The highest BCUT2D eigenvalue weighted by Gasteiger charge is 2.32. The van der Waals surface area contributed by atoms with E-state index in [9.17, 15) is 13.2 Å². The second kappa shape index (κ2) is 8.47. The van der Waals surface area contributed by atoms with Gasteiger partial charge in [0.25, 0.3) is 15.9 Å². The molecule has 0 saturated carbocycles. The Kier molecular flexibility index (Phi) is 5.73. The molecule has 1 aromatic heterocycles. The molecule has 2 heterocycles. The fourth-order valence-corrected chi connectivity index (χ4v) is 5.08. The maximum atomic E-state index is 13.1. The third kappa shape index (κ3) is 4.16. The predicted octanol–water partition coefficient (Wildman–Crippen LogP) is 3.81. The van der Waals surface area contributed by atoms with E-state index in [0.29, 0.717) is 23.5 Å². The van der Waals surface area contributed by atoms with Crippen molar-refractivity contribution >= 4 is 21.6 Å². The number of hydrogen-bond acceptors (Lipinski definition) is 4. The van der Waals surface area contributed by atoms with Crippen LogP contribution in [0.2, 0.25) is 0 Å². The lowest BCUT2D eigenvalue weighted by Crippen LogP contribution is -2.31. The van der Waals surface area contributed by atoms with Gasteiger partial charge in [0, 0.05) is 31.0 Å². The number of carbonyl (C=O) groups is 1. The number of para-hydroxylation sites is 2. The molecule has 0 radical (unpaired) electrons. The van der Waals surface area contributed by atoms with Crippen LogP contribution >= 0.6 is 0 Å². The molecule has 0 aliphatic carbocycles. The smallest absolute Gasteiger partial charge is 0.262 e. The number of anilines is 1. The summed E-state index contributed by atoms with van der Waals surface area (Å²) in [6.45, 7) is 0.685. The number of sulfonamides is 1. The molecule has 2 aromatic carbocycles. The summed E-state index contributed by atoms with van der Waals surface area (Å²) in [5, 5.41) is 0. The summed E-state index contributed by atoms with van der Waals surface area (Å²) < 4.78 is 35.4. The molecule has 1 fully saturated rings. The fourth-order valence-electron chi connectivity index (χ4n) is 4.01.